The zero-order valence-electron chi connectivity index (χ0n) is 11.0. The molecule has 0 saturated carbocycles. The first-order valence-electron chi connectivity index (χ1n) is 6.83. The van der Waals surface area contributed by atoms with Gasteiger partial charge in [0.25, 0.3) is 0 Å². The van der Waals surface area contributed by atoms with Gasteiger partial charge in [-0.05, 0) is 25.7 Å². The molecule has 5 nitrogen and oxygen atoms in total. The molecule has 0 bridgehead atoms. The van der Waals surface area contributed by atoms with E-state index in [2.05, 4.69) is 0 Å². The summed E-state index contributed by atoms with van der Waals surface area (Å²) in [5.74, 6) is 0.505. The lowest BCUT2D eigenvalue weighted by atomic mass is 10.1. The van der Waals surface area contributed by atoms with E-state index in [1.165, 1.54) is 0 Å². The van der Waals surface area contributed by atoms with E-state index in [-0.39, 0.29) is 24.3 Å². The fourth-order valence-electron chi connectivity index (χ4n) is 2.95. The summed E-state index contributed by atoms with van der Waals surface area (Å²) in [7, 11) is 0. The van der Waals surface area contributed by atoms with Crippen molar-refractivity contribution in [3.05, 3.63) is 0 Å². The van der Waals surface area contributed by atoms with Crippen LogP contribution in [0.5, 0.6) is 0 Å². The second-order valence-corrected chi connectivity index (χ2v) is 5.28. The van der Waals surface area contributed by atoms with E-state index >= 15 is 0 Å². The van der Waals surface area contributed by atoms with Crippen molar-refractivity contribution < 1.29 is 14.7 Å². The Morgan fingerprint density at radius 3 is 2.83 bits per heavy atom. The molecule has 0 aromatic carbocycles. The van der Waals surface area contributed by atoms with Gasteiger partial charge in [0.2, 0.25) is 11.8 Å². The van der Waals surface area contributed by atoms with Gasteiger partial charge in [-0.1, -0.05) is 0 Å². The summed E-state index contributed by atoms with van der Waals surface area (Å²) in [5.41, 5.74) is 0. The number of carbonyl (C=O) groups is 2. The fraction of sp³-hybridized carbons (Fsp3) is 0.846. The first kappa shape index (κ1) is 13.3. The number of amides is 2. The summed E-state index contributed by atoms with van der Waals surface area (Å²) >= 11 is 0. The molecule has 0 spiro atoms. The molecule has 2 aliphatic heterocycles. The number of likely N-dealkylation sites (tertiary alicyclic amines) is 2. The Labute approximate surface area is 108 Å². The molecule has 0 aromatic rings. The van der Waals surface area contributed by atoms with Gasteiger partial charge in [-0.3, -0.25) is 9.59 Å². The standard InChI is InChI=1S/C13H22N2O3/c1-2-14-9-11(7-12(14)17)13(18)15-5-3-10(8-15)4-6-16/h10-11,16H,2-9H2,1H3. The molecule has 2 rings (SSSR count). The van der Waals surface area contributed by atoms with Gasteiger partial charge < -0.3 is 14.9 Å². The molecule has 18 heavy (non-hydrogen) atoms. The van der Waals surface area contributed by atoms with E-state index in [4.69, 9.17) is 5.11 Å². The molecule has 2 fully saturated rings. The third-order valence-electron chi connectivity index (χ3n) is 4.08. The SMILES string of the molecule is CCN1CC(C(=O)N2CCC(CCO)C2)CC1=O. The number of hydrogen-bond donors (Lipinski definition) is 1. The van der Waals surface area contributed by atoms with Crippen LogP contribution >= 0.6 is 0 Å². The van der Waals surface area contributed by atoms with Gasteiger partial charge in [0.1, 0.15) is 0 Å². The summed E-state index contributed by atoms with van der Waals surface area (Å²) in [6.45, 7) is 4.93. The Balaban J connectivity index is 1.87. The third kappa shape index (κ3) is 2.66. The van der Waals surface area contributed by atoms with Gasteiger partial charge >= 0.3 is 0 Å². The van der Waals surface area contributed by atoms with Gasteiger partial charge in [-0.25, -0.2) is 0 Å². The molecule has 102 valence electrons. The Morgan fingerprint density at radius 2 is 2.22 bits per heavy atom. The molecule has 2 aliphatic rings. The van der Waals surface area contributed by atoms with Crippen LogP contribution in [-0.2, 0) is 9.59 Å². The highest BCUT2D eigenvalue weighted by atomic mass is 16.3. The maximum absolute atomic E-state index is 12.3. The maximum Gasteiger partial charge on any atom is 0.228 e. The van der Waals surface area contributed by atoms with Crippen molar-refractivity contribution >= 4 is 11.8 Å². The fourth-order valence-corrected chi connectivity index (χ4v) is 2.95. The zero-order chi connectivity index (χ0) is 13.1. The number of hydrogen-bond acceptors (Lipinski definition) is 3. The minimum atomic E-state index is -0.148. The second kappa shape index (κ2) is 5.69. The van der Waals surface area contributed by atoms with Crippen molar-refractivity contribution in [2.75, 3.05) is 32.8 Å². The number of carbonyl (C=O) groups excluding carboxylic acids is 2. The second-order valence-electron chi connectivity index (χ2n) is 5.28. The van der Waals surface area contributed by atoms with E-state index in [0.29, 0.717) is 25.4 Å². The monoisotopic (exact) mass is 254 g/mol. The van der Waals surface area contributed by atoms with Crippen LogP contribution in [0.4, 0.5) is 0 Å². The van der Waals surface area contributed by atoms with Crippen molar-refractivity contribution in [3.8, 4) is 0 Å². The molecule has 2 saturated heterocycles. The van der Waals surface area contributed by atoms with Crippen molar-refractivity contribution in [2.24, 2.45) is 11.8 Å². The van der Waals surface area contributed by atoms with Crippen LogP contribution in [0.3, 0.4) is 0 Å². The predicted octanol–water partition coefficient (Wildman–Crippen LogP) is 0.0857. The largest absolute Gasteiger partial charge is 0.396 e. The number of nitrogens with zero attached hydrogens (tertiary/aromatic N) is 2. The average Bonchev–Trinajstić information content (AvgIpc) is 2.95. The van der Waals surface area contributed by atoms with Crippen LogP contribution < -0.4 is 0 Å². The molecule has 0 aromatic heterocycles. The van der Waals surface area contributed by atoms with Gasteiger partial charge in [-0.2, -0.15) is 0 Å². The molecule has 2 unspecified atom stereocenters. The van der Waals surface area contributed by atoms with E-state index in [1.807, 2.05) is 11.8 Å². The molecule has 0 radical (unpaired) electrons. The first-order chi connectivity index (χ1) is 8.65. The molecular weight excluding hydrogens is 232 g/mol. The lowest BCUT2D eigenvalue weighted by molar-refractivity contribution is -0.135. The number of aliphatic hydroxyl groups excluding tert-OH is 1. The summed E-state index contributed by atoms with van der Waals surface area (Å²) in [6, 6.07) is 0. The molecule has 0 aliphatic carbocycles. The predicted molar refractivity (Wildman–Crippen MR) is 66.8 cm³/mol. The van der Waals surface area contributed by atoms with E-state index in [0.717, 1.165) is 25.9 Å². The Kier molecular flexibility index (Phi) is 4.22. The van der Waals surface area contributed by atoms with Crippen LogP contribution in [0.1, 0.15) is 26.2 Å². The summed E-state index contributed by atoms with van der Waals surface area (Å²) in [6.07, 6.45) is 2.12. The molecule has 2 heterocycles. The minimum Gasteiger partial charge on any atom is -0.396 e. The molecule has 2 atom stereocenters. The summed E-state index contributed by atoms with van der Waals surface area (Å²) < 4.78 is 0. The van der Waals surface area contributed by atoms with Crippen molar-refractivity contribution in [2.45, 2.75) is 26.2 Å². The Hall–Kier alpha value is -1.10. The lowest BCUT2D eigenvalue weighted by Gasteiger charge is -2.20. The average molecular weight is 254 g/mol. The van der Waals surface area contributed by atoms with Crippen molar-refractivity contribution in [1.82, 2.24) is 9.80 Å². The highest BCUT2D eigenvalue weighted by Crippen LogP contribution is 2.25. The lowest BCUT2D eigenvalue weighted by Crippen LogP contribution is -2.36. The number of rotatable bonds is 4. The van der Waals surface area contributed by atoms with Gasteiger partial charge in [0.15, 0.2) is 0 Å². The molecule has 2 amide bonds. The Bertz CT molecular complexity index is 332. The minimum absolute atomic E-state index is 0.0990. The highest BCUT2D eigenvalue weighted by molar-refractivity contribution is 5.89. The van der Waals surface area contributed by atoms with Gasteiger partial charge in [-0.15, -0.1) is 0 Å². The third-order valence-corrected chi connectivity index (χ3v) is 4.08. The number of aliphatic hydroxyl groups is 1. The Morgan fingerprint density at radius 1 is 1.44 bits per heavy atom. The van der Waals surface area contributed by atoms with Crippen molar-refractivity contribution in [1.29, 1.82) is 0 Å². The topological polar surface area (TPSA) is 60.9 Å². The molecular formula is C13H22N2O3. The van der Waals surface area contributed by atoms with Crippen molar-refractivity contribution in [3.63, 3.8) is 0 Å². The molecule has 5 heteroatoms. The maximum atomic E-state index is 12.3. The van der Waals surface area contributed by atoms with E-state index < -0.39 is 0 Å². The first-order valence-corrected chi connectivity index (χ1v) is 6.83. The van der Waals surface area contributed by atoms with Crippen LogP contribution in [-0.4, -0.2) is 59.5 Å². The summed E-state index contributed by atoms with van der Waals surface area (Å²) in [4.78, 5) is 27.5. The highest BCUT2D eigenvalue weighted by Gasteiger charge is 2.37. The summed E-state index contributed by atoms with van der Waals surface area (Å²) in [5, 5.41) is 8.91. The van der Waals surface area contributed by atoms with Crippen LogP contribution in [0.15, 0.2) is 0 Å². The quantitative estimate of drug-likeness (QED) is 0.773. The molecule has 1 N–H and O–H groups in total. The van der Waals surface area contributed by atoms with E-state index in [9.17, 15) is 9.59 Å². The van der Waals surface area contributed by atoms with Crippen LogP contribution in [0, 0.1) is 11.8 Å². The van der Waals surface area contributed by atoms with Gasteiger partial charge in [0.05, 0.1) is 5.92 Å². The van der Waals surface area contributed by atoms with Gasteiger partial charge in [0, 0.05) is 39.2 Å². The zero-order valence-corrected chi connectivity index (χ0v) is 11.0. The van der Waals surface area contributed by atoms with E-state index in [1.54, 1.807) is 4.90 Å². The smallest absolute Gasteiger partial charge is 0.228 e. The normalized spacial score (nSPS) is 28.2. The van der Waals surface area contributed by atoms with Crippen LogP contribution in [0.25, 0.3) is 0 Å². The van der Waals surface area contributed by atoms with Crippen LogP contribution in [0.2, 0.25) is 0 Å².